The van der Waals surface area contributed by atoms with E-state index >= 15 is 0 Å². The molecule has 3 N–H and O–H groups in total. The molecular formula is C12H16N4. The Bertz CT molecular complexity index is 499. The first kappa shape index (κ1) is 9.66. The molecule has 0 unspecified atom stereocenters. The van der Waals surface area contributed by atoms with Crippen LogP contribution < -0.4 is 11.1 Å². The average Bonchev–Trinajstić information content (AvgIpc) is 2.58. The van der Waals surface area contributed by atoms with E-state index in [1.807, 2.05) is 24.5 Å². The molecule has 1 aliphatic rings. The summed E-state index contributed by atoms with van der Waals surface area (Å²) >= 11 is 0. The zero-order chi connectivity index (χ0) is 11.0. The lowest BCUT2D eigenvalue weighted by Gasteiger charge is -2.26. The summed E-state index contributed by atoms with van der Waals surface area (Å²) in [6.45, 7) is 0.885. The minimum Gasteiger partial charge on any atom is -0.399 e. The largest absolute Gasteiger partial charge is 0.399 e. The van der Waals surface area contributed by atoms with Gasteiger partial charge in [0.15, 0.2) is 0 Å². The number of hydrogen-bond donors (Lipinski definition) is 2. The number of anilines is 1. The van der Waals surface area contributed by atoms with E-state index in [0.29, 0.717) is 6.04 Å². The quantitative estimate of drug-likeness (QED) is 0.818. The third-order valence-electron chi connectivity index (χ3n) is 3.29. The molecule has 16 heavy (non-hydrogen) atoms. The molecule has 0 aromatic carbocycles. The number of nitrogen functional groups attached to an aromatic ring is 1. The van der Waals surface area contributed by atoms with Gasteiger partial charge < -0.3 is 15.5 Å². The smallest absolute Gasteiger partial charge is 0.138 e. The van der Waals surface area contributed by atoms with E-state index < -0.39 is 0 Å². The molecule has 2 heterocycles. The Hall–Kier alpha value is -1.55. The first-order valence-electron chi connectivity index (χ1n) is 5.78. The highest BCUT2D eigenvalue weighted by molar-refractivity contribution is 5.52. The SMILES string of the molecule is Nc1ccn2c(CNC3CCC3)cnc2c1. The number of nitrogens with two attached hydrogens (primary N) is 1. The summed E-state index contributed by atoms with van der Waals surface area (Å²) in [5.74, 6) is 0. The van der Waals surface area contributed by atoms with Gasteiger partial charge in [0.1, 0.15) is 5.65 Å². The van der Waals surface area contributed by atoms with E-state index in [0.717, 1.165) is 17.9 Å². The lowest BCUT2D eigenvalue weighted by molar-refractivity contribution is 0.336. The first-order valence-corrected chi connectivity index (χ1v) is 5.78. The van der Waals surface area contributed by atoms with Crippen LogP contribution in [0.4, 0.5) is 5.69 Å². The Morgan fingerprint density at radius 2 is 2.38 bits per heavy atom. The fourth-order valence-corrected chi connectivity index (χ4v) is 2.04. The van der Waals surface area contributed by atoms with Gasteiger partial charge in [0.2, 0.25) is 0 Å². The highest BCUT2D eigenvalue weighted by Crippen LogP contribution is 2.19. The van der Waals surface area contributed by atoms with E-state index in [1.54, 1.807) is 0 Å². The second-order valence-electron chi connectivity index (χ2n) is 4.45. The molecule has 0 aliphatic heterocycles. The standard InChI is InChI=1S/C12H16N4/c13-9-4-5-16-11(8-15-12(16)6-9)7-14-10-2-1-3-10/h4-6,8,10,14H,1-3,7,13H2. The molecule has 0 radical (unpaired) electrons. The monoisotopic (exact) mass is 216 g/mol. The molecule has 1 saturated carbocycles. The third kappa shape index (κ3) is 1.65. The summed E-state index contributed by atoms with van der Waals surface area (Å²) in [6.07, 6.45) is 7.88. The van der Waals surface area contributed by atoms with Crippen molar-refractivity contribution in [1.82, 2.24) is 14.7 Å². The van der Waals surface area contributed by atoms with Crippen LogP contribution in [0.2, 0.25) is 0 Å². The molecule has 4 nitrogen and oxygen atoms in total. The summed E-state index contributed by atoms with van der Waals surface area (Å²) in [4.78, 5) is 4.34. The predicted molar refractivity (Wildman–Crippen MR) is 64.1 cm³/mol. The van der Waals surface area contributed by atoms with Crippen molar-refractivity contribution in [3.63, 3.8) is 0 Å². The predicted octanol–water partition coefficient (Wildman–Crippen LogP) is 1.56. The van der Waals surface area contributed by atoms with Crippen LogP contribution in [0.15, 0.2) is 24.5 Å². The van der Waals surface area contributed by atoms with Crippen molar-refractivity contribution in [3.8, 4) is 0 Å². The van der Waals surface area contributed by atoms with Gasteiger partial charge in [0.25, 0.3) is 0 Å². The molecule has 0 bridgehead atoms. The van der Waals surface area contributed by atoms with E-state index in [-0.39, 0.29) is 0 Å². The summed E-state index contributed by atoms with van der Waals surface area (Å²) in [5.41, 5.74) is 8.60. The lowest BCUT2D eigenvalue weighted by atomic mass is 9.93. The van der Waals surface area contributed by atoms with Crippen molar-refractivity contribution in [2.75, 3.05) is 5.73 Å². The molecule has 84 valence electrons. The Morgan fingerprint density at radius 3 is 3.12 bits per heavy atom. The highest BCUT2D eigenvalue weighted by Gasteiger charge is 2.16. The molecule has 4 heteroatoms. The van der Waals surface area contributed by atoms with Crippen molar-refractivity contribution < 1.29 is 0 Å². The van der Waals surface area contributed by atoms with E-state index in [9.17, 15) is 0 Å². The Labute approximate surface area is 94.5 Å². The van der Waals surface area contributed by atoms with Crippen LogP contribution in [0.1, 0.15) is 25.0 Å². The molecule has 0 saturated heterocycles. The minimum absolute atomic E-state index is 0.708. The topological polar surface area (TPSA) is 55.4 Å². The van der Waals surface area contributed by atoms with Crippen LogP contribution in [-0.2, 0) is 6.54 Å². The zero-order valence-corrected chi connectivity index (χ0v) is 9.19. The van der Waals surface area contributed by atoms with Gasteiger partial charge in [-0.2, -0.15) is 0 Å². The maximum Gasteiger partial charge on any atom is 0.138 e. The summed E-state index contributed by atoms with van der Waals surface area (Å²) < 4.78 is 2.09. The van der Waals surface area contributed by atoms with Crippen LogP contribution in [0.25, 0.3) is 5.65 Å². The molecule has 0 atom stereocenters. The van der Waals surface area contributed by atoms with Crippen molar-refractivity contribution >= 4 is 11.3 Å². The number of rotatable bonds is 3. The van der Waals surface area contributed by atoms with Gasteiger partial charge in [-0.1, -0.05) is 6.42 Å². The average molecular weight is 216 g/mol. The van der Waals surface area contributed by atoms with Crippen LogP contribution in [-0.4, -0.2) is 15.4 Å². The number of aromatic nitrogens is 2. The molecule has 2 aromatic rings. The minimum atomic E-state index is 0.708. The summed E-state index contributed by atoms with van der Waals surface area (Å²) in [7, 11) is 0. The summed E-state index contributed by atoms with van der Waals surface area (Å²) in [5, 5.41) is 3.54. The molecule has 1 aliphatic carbocycles. The van der Waals surface area contributed by atoms with Gasteiger partial charge in [-0.25, -0.2) is 4.98 Å². The van der Waals surface area contributed by atoms with E-state index in [2.05, 4.69) is 14.7 Å². The van der Waals surface area contributed by atoms with Crippen molar-refractivity contribution in [1.29, 1.82) is 0 Å². The van der Waals surface area contributed by atoms with Crippen LogP contribution >= 0.6 is 0 Å². The van der Waals surface area contributed by atoms with Gasteiger partial charge in [-0.15, -0.1) is 0 Å². The van der Waals surface area contributed by atoms with E-state index in [4.69, 9.17) is 5.73 Å². The number of imidazole rings is 1. The Morgan fingerprint density at radius 1 is 1.50 bits per heavy atom. The fourth-order valence-electron chi connectivity index (χ4n) is 2.04. The number of pyridine rings is 1. The third-order valence-corrected chi connectivity index (χ3v) is 3.29. The van der Waals surface area contributed by atoms with Gasteiger partial charge in [0.05, 0.1) is 11.9 Å². The maximum atomic E-state index is 5.72. The Kier molecular flexibility index (Phi) is 2.29. The second-order valence-corrected chi connectivity index (χ2v) is 4.45. The van der Waals surface area contributed by atoms with Crippen molar-refractivity contribution in [2.45, 2.75) is 31.8 Å². The Balaban J connectivity index is 1.80. The lowest BCUT2D eigenvalue weighted by Crippen LogP contribution is -2.34. The number of nitrogens with zero attached hydrogens (tertiary/aromatic N) is 2. The zero-order valence-electron chi connectivity index (χ0n) is 9.19. The number of fused-ring (bicyclic) bond motifs is 1. The highest BCUT2D eigenvalue weighted by atomic mass is 15.0. The molecule has 1 fully saturated rings. The second kappa shape index (κ2) is 3.79. The molecular weight excluding hydrogens is 200 g/mol. The first-order chi connectivity index (χ1) is 7.83. The molecule has 0 amide bonds. The van der Waals surface area contributed by atoms with Crippen molar-refractivity contribution in [3.05, 3.63) is 30.2 Å². The maximum absolute atomic E-state index is 5.72. The van der Waals surface area contributed by atoms with Crippen molar-refractivity contribution in [2.24, 2.45) is 0 Å². The van der Waals surface area contributed by atoms with Gasteiger partial charge in [0, 0.05) is 30.5 Å². The normalized spacial score (nSPS) is 16.5. The number of nitrogens with one attached hydrogen (secondary N) is 1. The van der Waals surface area contributed by atoms with Gasteiger partial charge >= 0.3 is 0 Å². The van der Waals surface area contributed by atoms with Crippen LogP contribution in [0.3, 0.4) is 0 Å². The fraction of sp³-hybridized carbons (Fsp3) is 0.417. The summed E-state index contributed by atoms with van der Waals surface area (Å²) in [6, 6.07) is 4.51. The van der Waals surface area contributed by atoms with Crippen LogP contribution in [0.5, 0.6) is 0 Å². The molecule has 0 spiro atoms. The molecule has 2 aromatic heterocycles. The van der Waals surface area contributed by atoms with Crippen LogP contribution in [0, 0.1) is 0 Å². The van der Waals surface area contributed by atoms with Gasteiger partial charge in [-0.3, -0.25) is 0 Å². The molecule has 3 rings (SSSR count). The number of hydrogen-bond acceptors (Lipinski definition) is 3. The van der Waals surface area contributed by atoms with Gasteiger partial charge in [-0.05, 0) is 18.9 Å². The van der Waals surface area contributed by atoms with E-state index in [1.165, 1.54) is 25.0 Å².